The van der Waals surface area contributed by atoms with Crippen molar-refractivity contribution in [2.24, 2.45) is 0 Å². The SMILES string of the molecule is CCS[C@@H]1O[C@H](CO)[C@@H](OS(C)(=O)=O)[C@H](OCc2ccccc2)[C@H]1OCc1ccccc1. The molecule has 1 N–H and O–H groups in total. The summed E-state index contributed by atoms with van der Waals surface area (Å²) in [6.07, 6.45) is -2.33. The van der Waals surface area contributed by atoms with Crippen LogP contribution < -0.4 is 0 Å². The van der Waals surface area contributed by atoms with Crippen LogP contribution in [0, 0.1) is 0 Å². The van der Waals surface area contributed by atoms with Gasteiger partial charge in [-0.1, -0.05) is 67.6 Å². The molecular formula is C23H30O7S2. The molecule has 0 saturated carbocycles. The summed E-state index contributed by atoms with van der Waals surface area (Å²) in [7, 11) is -3.84. The normalized spacial score (nSPS) is 26.2. The molecule has 32 heavy (non-hydrogen) atoms. The number of hydrogen-bond acceptors (Lipinski definition) is 8. The highest BCUT2D eigenvalue weighted by Gasteiger charge is 2.49. The molecule has 7 nitrogen and oxygen atoms in total. The first-order valence-corrected chi connectivity index (χ1v) is 13.3. The van der Waals surface area contributed by atoms with Crippen molar-refractivity contribution in [3.8, 4) is 0 Å². The highest BCUT2D eigenvalue weighted by molar-refractivity contribution is 7.99. The first-order valence-electron chi connectivity index (χ1n) is 10.5. The Morgan fingerprint density at radius 3 is 1.91 bits per heavy atom. The molecule has 1 saturated heterocycles. The molecule has 0 radical (unpaired) electrons. The molecular weight excluding hydrogens is 452 g/mol. The summed E-state index contributed by atoms with van der Waals surface area (Å²) in [6, 6.07) is 19.3. The van der Waals surface area contributed by atoms with E-state index < -0.39 is 46.6 Å². The van der Waals surface area contributed by atoms with Crippen LogP contribution in [-0.2, 0) is 41.7 Å². The van der Waals surface area contributed by atoms with Crippen molar-refractivity contribution >= 4 is 21.9 Å². The summed E-state index contributed by atoms with van der Waals surface area (Å²) in [4.78, 5) is 0. The predicted octanol–water partition coefficient (Wildman–Crippen LogP) is 2.97. The van der Waals surface area contributed by atoms with E-state index in [2.05, 4.69) is 0 Å². The minimum absolute atomic E-state index is 0.238. The zero-order valence-corrected chi connectivity index (χ0v) is 19.8. The summed E-state index contributed by atoms with van der Waals surface area (Å²) in [5, 5.41) is 9.94. The van der Waals surface area contributed by atoms with Crippen LogP contribution in [0.4, 0.5) is 0 Å². The summed E-state index contributed by atoms with van der Waals surface area (Å²) < 4.78 is 47.9. The lowest BCUT2D eigenvalue weighted by Crippen LogP contribution is -2.60. The van der Waals surface area contributed by atoms with E-state index in [1.807, 2.05) is 67.6 Å². The first kappa shape index (κ1) is 25.2. The van der Waals surface area contributed by atoms with Gasteiger partial charge in [0.2, 0.25) is 0 Å². The highest BCUT2D eigenvalue weighted by Crippen LogP contribution is 2.35. The van der Waals surface area contributed by atoms with Crippen molar-refractivity contribution in [1.29, 1.82) is 0 Å². The van der Waals surface area contributed by atoms with Crippen molar-refractivity contribution in [1.82, 2.24) is 0 Å². The van der Waals surface area contributed by atoms with Gasteiger partial charge in [0.05, 0.1) is 26.1 Å². The summed E-state index contributed by atoms with van der Waals surface area (Å²) in [5.74, 6) is 0.747. The molecule has 1 fully saturated rings. The standard InChI is InChI=1S/C23H30O7S2/c1-3-31-23-22(28-16-18-12-8-5-9-13-18)21(27-15-17-10-6-4-7-11-17)20(19(14-24)29-23)30-32(2,25)26/h4-13,19-24H,3,14-16H2,1-2H3/t19-,20-,21+,22-,23+/m1/s1. The summed E-state index contributed by atoms with van der Waals surface area (Å²) in [5.41, 5.74) is 1.44. The molecule has 1 aliphatic rings. The smallest absolute Gasteiger partial charge is 0.264 e. The Labute approximate surface area is 194 Å². The molecule has 2 aromatic carbocycles. The second-order valence-electron chi connectivity index (χ2n) is 7.47. The van der Waals surface area contributed by atoms with Crippen LogP contribution in [0.2, 0.25) is 0 Å². The maximum absolute atomic E-state index is 12.0. The van der Waals surface area contributed by atoms with E-state index in [4.69, 9.17) is 18.4 Å². The van der Waals surface area contributed by atoms with Crippen molar-refractivity contribution in [2.45, 2.75) is 50.0 Å². The molecule has 3 rings (SSSR count). The third kappa shape index (κ3) is 7.28. The summed E-state index contributed by atoms with van der Waals surface area (Å²) in [6.45, 7) is 2.13. The fraction of sp³-hybridized carbons (Fsp3) is 0.478. The summed E-state index contributed by atoms with van der Waals surface area (Å²) >= 11 is 1.52. The second-order valence-corrected chi connectivity index (χ2v) is 10.4. The van der Waals surface area contributed by atoms with E-state index in [1.165, 1.54) is 11.8 Å². The molecule has 9 heteroatoms. The molecule has 0 spiro atoms. The lowest BCUT2D eigenvalue weighted by Gasteiger charge is -2.45. The Kier molecular flexibility index (Phi) is 9.54. The number of ether oxygens (including phenoxy) is 3. The first-order chi connectivity index (χ1) is 15.4. The van der Waals surface area contributed by atoms with Crippen molar-refractivity contribution < 1.29 is 31.9 Å². The molecule has 5 atom stereocenters. The molecule has 176 valence electrons. The van der Waals surface area contributed by atoms with Gasteiger partial charge in [0.25, 0.3) is 10.1 Å². The molecule has 0 aliphatic carbocycles. The Bertz CT molecular complexity index is 908. The van der Waals surface area contributed by atoms with Gasteiger partial charge in [-0.25, -0.2) is 0 Å². The molecule has 0 bridgehead atoms. The number of aliphatic hydroxyl groups excluding tert-OH is 1. The van der Waals surface area contributed by atoms with E-state index in [0.717, 1.165) is 23.1 Å². The minimum Gasteiger partial charge on any atom is -0.394 e. The van der Waals surface area contributed by atoms with E-state index in [1.54, 1.807) is 0 Å². The zero-order chi connectivity index (χ0) is 23.0. The largest absolute Gasteiger partial charge is 0.394 e. The molecule has 2 aromatic rings. The zero-order valence-electron chi connectivity index (χ0n) is 18.2. The Morgan fingerprint density at radius 2 is 1.44 bits per heavy atom. The van der Waals surface area contributed by atoms with Gasteiger partial charge in [0.15, 0.2) is 0 Å². The van der Waals surface area contributed by atoms with Crippen LogP contribution in [-0.4, -0.2) is 62.0 Å². The van der Waals surface area contributed by atoms with Gasteiger partial charge in [-0.05, 0) is 16.9 Å². The Morgan fingerprint density at radius 1 is 0.906 bits per heavy atom. The van der Waals surface area contributed by atoms with Crippen LogP contribution in [0.5, 0.6) is 0 Å². The fourth-order valence-electron chi connectivity index (χ4n) is 3.54. The topological polar surface area (TPSA) is 91.3 Å². The van der Waals surface area contributed by atoms with Gasteiger partial charge in [-0.15, -0.1) is 11.8 Å². The van der Waals surface area contributed by atoms with Crippen molar-refractivity contribution in [2.75, 3.05) is 18.6 Å². The molecule has 0 unspecified atom stereocenters. The Balaban J connectivity index is 1.89. The monoisotopic (exact) mass is 482 g/mol. The van der Waals surface area contributed by atoms with Crippen LogP contribution in [0.15, 0.2) is 60.7 Å². The maximum Gasteiger partial charge on any atom is 0.264 e. The lowest BCUT2D eigenvalue weighted by molar-refractivity contribution is -0.230. The quantitative estimate of drug-likeness (QED) is 0.489. The minimum atomic E-state index is -3.84. The predicted molar refractivity (Wildman–Crippen MR) is 124 cm³/mol. The number of aliphatic hydroxyl groups is 1. The highest BCUT2D eigenvalue weighted by atomic mass is 32.2. The van der Waals surface area contributed by atoms with Gasteiger partial charge in [-0.3, -0.25) is 4.18 Å². The number of thioether (sulfide) groups is 1. The van der Waals surface area contributed by atoms with Gasteiger partial charge in [0.1, 0.15) is 29.9 Å². The number of rotatable bonds is 11. The average Bonchev–Trinajstić information content (AvgIpc) is 2.78. The van der Waals surface area contributed by atoms with E-state index in [0.29, 0.717) is 6.61 Å². The van der Waals surface area contributed by atoms with Crippen LogP contribution in [0.1, 0.15) is 18.1 Å². The van der Waals surface area contributed by atoms with Crippen LogP contribution >= 0.6 is 11.8 Å². The van der Waals surface area contributed by atoms with Gasteiger partial charge < -0.3 is 19.3 Å². The van der Waals surface area contributed by atoms with Crippen molar-refractivity contribution in [3.63, 3.8) is 0 Å². The van der Waals surface area contributed by atoms with E-state index in [9.17, 15) is 13.5 Å². The van der Waals surface area contributed by atoms with Gasteiger partial charge >= 0.3 is 0 Å². The van der Waals surface area contributed by atoms with Gasteiger partial charge in [-0.2, -0.15) is 8.42 Å². The second kappa shape index (κ2) is 12.1. The number of hydrogen-bond donors (Lipinski definition) is 1. The van der Waals surface area contributed by atoms with Crippen molar-refractivity contribution in [3.05, 3.63) is 71.8 Å². The van der Waals surface area contributed by atoms with E-state index in [-0.39, 0.29) is 6.61 Å². The average molecular weight is 483 g/mol. The van der Waals surface area contributed by atoms with E-state index >= 15 is 0 Å². The van der Waals surface area contributed by atoms with Crippen LogP contribution in [0.3, 0.4) is 0 Å². The molecule has 0 amide bonds. The van der Waals surface area contributed by atoms with Crippen LogP contribution in [0.25, 0.3) is 0 Å². The number of benzene rings is 2. The lowest BCUT2D eigenvalue weighted by atomic mass is 9.99. The fourth-order valence-corrected chi connectivity index (χ4v) is 5.15. The molecule has 0 aromatic heterocycles. The molecule has 1 heterocycles. The third-order valence-electron chi connectivity index (χ3n) is 4.96. The molecule has 1 aliphatic heterocycles. The van der Waals surface area contributed by atoms with Gasteiger partial charge in [0, 0.05) is 0 Å². The Hall–Kier alpha value is -1.46. The third-order valence-corrected chi connectivity index (χ3v) is 6.57. The maximum atomic E-state index is 12.0.